The lowest BCUT2D eigenvalue weighted by Crippen LogP contribution is -1.89. The molecule has 2 N–H and O–H groups in total. The summed E-state index contributed by atoms with van der Waals surface area (Å²) in [5, 5.41) is 4.13. The van der Waals surface area contributed by atoms with Crippen molar-refractivity contribution >= 4 is 21.8 Å². The average molecular weight is 329 g/mol. The third kappa shape index (κ3) is 2.23. The van der Waals surface area contributed by atoms with Crippen molar-refractivity contribution in [2.24, 2.45) is 0 Å². The summed E-state index contributed by atoms with van der Waals surface area (Å²) in [5.41, 5.74) is 10.7. The van der Waals surface area contributed by atoms with E-state index in [1.165, 1.54) is 0 Å². The molecule has 0 spiro atoms. The maximum Gasteiger partial charge on any atom is 0.230 e. The van der Waals surface area contributed by atoms with Crippen LogP contribution in [0.3, 0.4) is 0 Å². The molecule has 1 aromatic heterocycles. The van der Waals surface area contributed by atoms with E-state index in [1.54, 1.807) is 0 Å². The van der Waals surface area contributed by atoms with Crippen LogP contribution in [0.25, 0.3) is 22.4 Å². The van der Waals surface area contributed by atoms with E-state index in [9.17, 15) is 0 Å². The molecule has 0 unspecified atom stereocenters. The monoisotopic (exact) mass is 328 g/mol. The molecule has 3 aromatic rings. The normalized spacial score (nSPS) is 10.7. The molecule has 4 heteroatoms. The molecule has 0 radical (unpaired) electrons. The summed E-state index contributed by atoms with van der Waals surface area (Å²) in [6.45, 7) is 2.05. The Labute approximate surface area is 125 Å². The predicted octanol–water partition coefficient (Wildman–Crippen LogP) is 4.66. The molecular formula is C16H13BrN2O. The minimum atomic E-state index is 0.338. The quantitative estimate of drug-likeness (QED) is 0.744. The van der Waals surface area contributed by atoms with E-state index in [4.69, 9.17) is 10.3 Å². The average Bonchev–Trinajstić information content (AvgIpc) is 2.82. The number of halogens is 1. The van der Waals surface area contributed by atoms with E-state index < -0.39 is 0 Å². The third-order valence-corrected chi connectivity index (χ3v) is 3.78. The Hall–Kier alpha value is -2.07. The van der Waals surface area contributed by atoms with Crippen LogP contribution < -0.4 is 5.73 Å². The number of anilines is 1. The van der Waals surface area contributed by atoms with Crippen LogP contribution >= 0.6 is 15.9 Å². The fourth-order valence-electron chi connectivity index (χ4n) is 2.22. The first-order valence-electron chi connectivity index (χ1n) is 6.24. The zero-order chi connectivity index (χ0) is 14.1. The SMILES string of the molecule is Cc1ccccc1-c1noc(N)c1-c1ccc(Br)cc1. The first kappa shape index (κ1) is 12.9. The van der Waals surface area contributed by atoms with Gasteiger partial charge in [-0.05, 0) is 30.2 Å². The predicted molar refractivity (Wildman–Crippen MR) is 84.2 cm³/mol. The highest BCUT2D eigenvalue weighted by atomic mass is 79.9. The van der Waals surface area contributed by atoms with Gasteiger partial charge in [0.1, 0.15) is 5.69 Å². The summed E-state index contributed by atoms with van der Waals surface area (Å²) in [4.78, 5) is 0. The molecule has 0 atom stereocenters. The molecular weight excluding hydrogens is 316 g/mol. The minimum Gasteiger partial charge on any atom is -0.367 e. The van der Waals surface area contributed by atoms with Crippen LogP contribution in [0.4, 0.5) is 5.88 Å². The number of nitrogens with zero attached hydrogens (tertiary/aromatic N) is 1. The van der Waals surface area contributed by atoms with E-state index in [1.807, 2.05) is 55.5 Å². The molecule has 100 valence electrons. The summed E-state index contributed by atoms with van der Waals surface area (Å²) < 4.78 is 6.23. The van der Waals surface area contributed by atoms with Crippen molar-refractivity contribution in [1.82, 2.24) is 5.16 Å². The van der Waals surface area contributed by atoms with E-state index in [2.05, 4.69) is 21.1 Å². The highest BCUT2D eigenvalue weighted by molar-refractivity contribution is 9.10. The van der Waals surface area contributed by atoms with Gasteiger partial charge in [-0.25, -0.2) is 0 Å². The van der Waals surface area contributed by atoms with Crippen LogP contribution in [-0.4, -0.2) is 5.16 Å². The highest BCUT2D eigenvalue weighted by Crippen LogP contribution is 2.37. The maximum absolute atomic E-state index is 5.96. The number of nitrogens with two attached hydrogens (primary N) is 1. The third-order valence-electron chi connectivity index (χ3n) is 3.25. The number of rotatable bonds is 2. The molecule has 2 aromatic carbocycles. The van der Waals surface area contributed by atoms with Gasteiger partial charge in [0, 0.05) is 10.0 Å². The van der Waals surface area contributed by atoms with Crippen molar-refractivity contribution in [2.45, 2.75) is 6.92 Å². The number of aryl methyl sites for hydroxylation is 1. The van der Waals surface area contributed by atoms with E-state index in [0.717, 1.165) is 32.4 Å². The Kier molecular flexibility index (Phi) is 3.32. The molecule has 0 amide bonds. The van der Waals surface area contributed by atoms with Crippen molar-refractivity contribution in [3.05, 3.63) is 58.6 Å². The molecule has 1 heterocycles. The molecule has 3 rings (SSSR count). The van der Waals surface area contributed by atoms with Crippen LogP contribution in [0.1, 0.15) is 5.56 Å². The molecule has 3 nitrogen and oxygen atoms in total. The fraction of sp³-hybridized carbons (Fsp3) is 0.0625. The number of benzene rings is 2. The molecule has 0 saturated carbocycles. The standard InChI is InChI=1S/C16H13BrN2O/c1-10-4-2-3-5-13(10)15-14(16(18)20-19-15)11-6-8-12(17)9-7-11/h2-9H,18H2,1H3. The van der Waals surface area contributed by atoms with Gasteiger partial charge < -0.3 is 10.3 Å². The van der Waals surface area contributed by atoms with Crippen LogP contribution in [0.2, 0.25) is 0 Å². The number of nitrogen functional groups attached to an aromatic ring is 1. The highest BCUT2D eigenvalue weighted by Gasteiger charge is 2.18. The van der Waals surface area contributed by atoms with Gasteiger partial charge in [-0.2, -0.15) is 0 Å². The molecule has 0 bridgehead atoms. The molecule has 0 aliphatic heterocycles. The van der Waals surface area contributed by atoms with Crippen molar-refractivity contribution < 1.29 is 4.52 Å². The topological polar surface area (TPSA) is 52.0 Å². The lowest BCUT2D eigenvalue weighted by molar-refractivity contribution is 0.439. The first-order chi connectivity index (χ1) is 9.66. The Morgan fingerprint density at radius 3 is 2.45 bits per heavy atom. The molecule has 0 aliphatic rings. The van der Waals surface area contributed by atoms with E-state index >= 15 is 0 Å². The van der Waals surface area contributed by atoms with Crippen molar-refractivity contribution in [1.29, 1.82) is 0 Å². The summed E-state index contributed by atoms with van der Waals surface area (Å²) >= 11 is 3.43. The minimum absolute atomic E-state index is 0.338. The first-order valence-corrected chi connectivity index (χ1v) is 7.03. The Balaban J connectivity index is 2.20. The Bertz CT molecular complexity index is 747. The molecule has 0 saturated heterocycles. The maximum atomic E-state index is 5.96. The summed E-state index contributed by atoms with van der Waals surface area (Å²) in [6.07, 6.45) is 0. The van der Waals surface area contributed by atoms with Gasteiger partial charge in [0.2, 0.25) is 5.88 Å². The molecule has 0 fully saturated rings. The summed E-state index contributed by atoms with van der Waals surface area (Å²) in [5.74, 6) is 0.338. The zero-order valence-electron chi connectivity index (χ0n) is 10.9. The van der Waals surface area contributed by atoms with Gasteiger partial charge in [0.25, 0.3) is 0 Å². The van der Waals surface area contributed by atoms with Crippen molar-refractivity contribution in [3.8, 4) is 22.4 Å². The number of hydrogen-bond donors (Lipinski definition) is 1. The molecule has 20 heavy (non-hydrogen) atoms. The van der Waals surface area contributed by atoms with Crippen LogP contribution in [0.15, 0.2) is 57.5 Å². The smallest absolute Gasteiger partial charge is 0.230 e. The Morgan fingerprint density at radius 1 is 1.05 bits per heavy atom. The van der Waals surface area contributed by atoms with E-state index in [-0.39, 0.29) is 0 Å². The van der Waals surface area contributed by atoms with Gasteiger partial charge in [0.05, 0.1) is 5.56 Å². The fourth-order valence-corrected chi connectivity index (χ4v) is 2.49. The van der Waals surface area contributed by atoms with Gasteiger partial charge >= 0.3 is 0 Å². The second-order valence-corrected chi connectivity index (χ2v) is 5.51. The Morgan fingerprint density at radius 2 is 1.75 bits per heavy atom. The zero-order valence-corrected chi connectivity index (χ0v) is 12.5. The second kappa shape index (κ2) is 5.13. The lowest BCUT2D eigenvalue weighted by Gasteiger charge is -2.05. The van der Waals surface area contributed by atoms with Gasteiger partial charge in [-0.15, -0.1) is 0 Å². The van der Waals surface area contributed by atoms with Gasteiger partial charge in [0.15, 0.2) is 0 Å². The van der Waals surface area contributed by atoms with Gasteiger partial charge in [-0.3, -0.25) is 0 Å². The largest absolute Gasteiger partial charge is 0.367 e. The number of hydrogen-bond acceptors (Lipinski definition) is 3. The van der Waals surface area contributed by atoms with Crippen LogP contribution in [0.5, 0.6) is 0 Å². The van der Waals surface area contributed by atoms with Gasteiger partial charge in [-0.1, -0.05) is 57.5 Å². The second-order valence-electron chi connectivity index (χ2n) is 4.59. The van der Waals surface area contributed by atoms with Crippen LogP contribution in [-0.2, 0) is 0 Å². The number of aromatic nitrogens is 1. The van der Waals surface area contributed by atoms with Crippen LogP contribution in [0, 0.1) is 6.92 Å². The lowest BCUT2D eigenvalue weighted by atomic mass is 9.98. The van der Waals surface area contributed by atoms with Crippen molar-refractivity contribution in [2.75, 3.05) is 5.73 Å². The molecule has 0 aliphatic carbocycles. The summed E-state index contributed by atoms with van der Waals surface area (Å²) in [7, 11) is 0. The van der Waals surface area contributed by atoms with E-state index in [0.29, 0.717) is 5.88 Å². The summed E-state index contributed by atoms with van der Waals surface area (Å²) in [6, 6.07) is 16.0. The van der Waals surface area contributed by atoms with Crippen molar-refractivity contribution in [3.63, 3.8) is 0 Å².